The van der Waals surface area contributed by atoms with E-state index in [1.807, 2.05) is 0 Å². The Morgan fingerprint density at radius 2 is 1.81 bits per heavy atom. The Morgan fingerprint density at radius 3 is 2.43 bits per heavy atom. The molecule has 5 nitrogen and oxygen atoms in total. The van der Waals surface area contributed by atoms with Gasteiger partial charge in [0.05, 0.1) is 23.3 Å². The van der Waals surface area contributed by atoms with Crippen LogP contribution in [0.2, 0.25) is 0 Å². The number of halogens is 1. The van der Waals surface area contributed by atoms with Crippen molar-refractivity contribution in [3.05, 3.63) is 59.9 Å². The van der Waals surface area contributed by atoms with Crippen LogP contribution >= 0.6 is 0 Å². The van der Waals surface area contributed by atoms with E-state index in [2.05, 4.69) is 9.46 Å². The predicted molar refractivity (Wildman–Crippen MR) is 75.0 cm³/mol. The van der Waals surface area contributed by atoms with Crippen LogP contribution in [0.3, 0.4) is 0 Å². The monoisotopic (exact) mass is 309 g/mol. The van der Waals surface area contributed by atoms with E-state index in [-0.39, 0.29) is 16.1 Å². The first-order chi connectivity index (χ1) is 9.94. The van der Waals surface area contributed by atoms with E-state index >= 15 is 0 Å². The van der Waals surface area contributed by atoms with Crippen molar-refractivity contribution in [2.24, 2.45) is 0 Å². The number of rotatable bonds is 4. The van der Waals surface area contributed by atoms with Gasteiger partial charge in [-0.3, -0.25) is 4.72 Å². The summed E-state index contributed by atoms with van der Waals surface area (Å²) in [6, 6.07) is 10.8. The molecule has 7 heteroatoms. The van der Waals surface area contributed by atoms with Gasteiger partial charge in [0, 0.05) is 0 Å². The second kappa shape index (κ2) is 5.92. The van der Waals surface area contributed by atoms with Gasteiger partial charge in [-0.1, -0.05) is 18.2 Å². The van der Waals surface area contributed by atoms with Gasteiger partial charge in [-0.25, -0.2) is 17.6 Å². The molecule has 0 aromatic heterocycles. The topological polar surface area (TPSA) is 72.5 Å². The number of hydrogen-bond acceptors (Lipinski definition) is 4. The van der Waals surface area contributed by atoms with Crippen molar-refractivity contribution in [3.63, 3.8) is 0 Å². The summed E-state index contributed by atoms with van der Waals surface area (Å²) in [5, 5.41) is 0. The fourth-order valence-corrected chi connectivity index (χ4v) is 2.73. The molecule has 0 spiro atoms. The third kappa shape index (κ3) is 3.38. The van der Waals surface area contributed by atoms with Crippen molar-refractivity contribution in [3.8, 4) is 0 Å². The van der Waals surface area contributed by atoms with Gasteiger partial charge in [0.15, 0.2) is 0 Å². The van der Waals surface area contributed by atoms with Crippen LogP contribution in [0.1, 0.15) is 10.4 Å². The first kappa shape index (κ1) is 15.0. The summed E-state index contributed by atoms with van der Waals surface area (Å²) in [4.78, 5) is 11.4. The van der Waals surface area contributed by atoms with Gasteiger partial charge < -0.3 is 4.74 Å². The Labute approximate surface area is 121 Å². The second-order valence-corrected chi connectivity index (χ2v) is 5.79. The molecule has 0 aliphatic carbocycles. The standard InChI is InChI=1S/C14H12FNO4S/c1-20-14(17)10-7-8-12(15)13(9-10)16-21(18,19)11-5-3-2-4-6-11/h2-9,16H,1H3. The molecule has 0 bridgehead atoms. The molecular formula is C14H12FNO4S. The molecule has 0 aliphatic heterocycles. The van der Waals surface area contributed by atoms with Crippen LogP contribution in [0, 0.1) is 5.82 Å². The lowest BCUT2D eigenvalue weighted by molar-refractivity contribution is 0.0600. The molecule has 0 aliphatic rings. The molecule has 2 rings (SSSR count). The molecule has 2 aromatic carbocycles. The van der Waals surface area contributed by atoms with E-state index in [1.54, 1.807) is 18.2 Å². The molecule has 0 atom stereocenters. The zero-order valence-electron chi connectivity index (χ0n) is 11.0. The molecule has 0 radical (unpaired) electrons. The molecule has 0 saturated heterocycles. The van der Waals surface area contributed by atoms with Gasteiger partial charge in [0.2, 0.25) is 0 Å². The maximum Gasteiger partial charge on any atom is 0.337 e. The summed E-state index contributed by atoms with van der Waals surface area (Å²) < 4.78 is 44.5. The first-order valence-corrected chi connectivity index (χ1v) is 7.38. The van der Waals surface area contributed by atoms with Crippen LogP contribution < -0.4 is 4.72 Å². The van der Waals surface area contributed by atoms with E-state index in [9.17, 15) is 17.6 Å². The van der Waals surface area contributed by atoms with Crippen LogP contribution in [-0.2, 0) is 14.8 Å². The van der Waals surface area contributed by atoms with Gasteiger partial charge in [-0.05, 0) is 30.3 Å². The fourth-order valence-electron chi connectivity index (χ4n) is 1.65. The van der Waals surface area contributed by atoms with Crippen LogP contribution in [-0.4, -0.2) is 21.5 Å². The van der Waals surface area contributed by atoms with E-state index in [0.29, 0.717) is 0 Å². The highest BCUT2D eigenvalue weighted by molar-refractivity contribution is 7.92. The number of ether oxygens (including phenoxy) is 1. The van der Waals surface area contributed by atoms with Gasteiger partial charge in [0.25, 0.3) is 10.0 Å². The zero-order valence-corrected chi connectivity index (χ0v) is 11.9. The number of methoxy groups -OCH3 is 1. The third-order valence-corrected chi connectivity index (χ3v) is 4.07. The zero-order chi connectivity index (χ0) is 15.5. The van der Waals surface area contributed by atoms with E-state index in [0.717, 1.165) is 12.1 Å². The molecule has 2 aromatic rings. The number of hydrogen-bond donors (Lipinski definition) is 1. The molecule has 0 amide bonds. The molecule has 0 heterocycles. The lowest BCUT2D eigenvalue weighted by Crippen LogP contribution is -2.14. The summed E-state index contributed by atoms with van der Waals surface area (Å²) in [5.74, 6) is -1.47. The summed E-state index contributed by atoms with van der Waals surface area (Å²) >= 11 is 0. The van der Waals surface area contributed by atoms with Crippen molar-refractivity contribution in [2.45, 2.75) is 4.90 Å². The summed E-state index contributed by atoms with van der Waals surface area (Å²) in [5.41, 5.74) is -0.272. The van der Waals surface area contributed by atoms with Crippen LogP contribution in [0.25, 0.3) is 0 Å². The fraction of sp³-hybridized carbons (Fsp3) is 0.0714. The largest absolute Gasteiger partial charge is 0.465 e. The SMILES string of the molecule is COC(=O)c1ccc(F)c(NS(=O)(=O)c2ccccc2)c1. The van der Waals surface area contributed by atoms with E-state index in [1.165, 1.54) is 25.3 Å². The van der Waals surface area contributed by atoms with E-state index in [4.69, 9.17) is 0 Å². The number of sulfonamides is 1. The minimum atomic E-state index is -3.93. The van der Waals surface area contributed by atoms with Gasteiger partial charge >= 0.3 is 5.97 Å². The minimum absolute atomic E-state index is 0.00660. The van der Waals surface area contributed by atoms with Gasteiger partial charge in [-0.2, -0.15) is 0 Å². The third-order valence-electron chi connectivity index (χ3n) is 2.69. The smallest absolute Gasteiger partial charge is 0.337 e. The lowest BCUT2D eigenvalue weighted by Gasteiger charge is -2.10. The van der Waals surface area contributed by atoms with Crippen molar-refractivity contribution in [1.82, 2.24) is 0 Å². The minimum Gasteiger partial charge on any atom is -0.465 e. The van der Waals surface area contributed by atoms with Crippen molar-refractivity contribution in [2.75, 3.05) is 11.8 Å². The van der Waals surface area contributed by atoms with Crippen LogP contribution in [0.4, 0.5) is 10.1 Å². The number of nitrogens with one attached hydrogen (secondary N) is 1. The number of carbonyl (C=O) groups is 1. The molecular weight excluding hydrogens is 297 g/mol. The Balaban J connectivity index is 2.37. The van der Waals surface area contributed by atoms with Crippen LogP contribution in [0.5, 0.6) is 0 Å². The second-order valence-electron chi connectivity index (χ2n) is 4.10. The predicted octanol–water partition coefficient (Wildman–Crippen LogP) is 2.41. The number of carbonyl (C=O) groups excluding carboxylic acids is 1. The summed E-state index contributed by atoms with van der Waals surface area (Å²) in [6.45, 7) is 0. The summed E-state index contributed by atoms with van der Waals surface area (Å²) in [6.07, 6.45) is 0. The van der Waals surface area contributed by atoms with Crippen molar-refractivity contribution < 1.29 is 22.3 Å². The van der Waals surface area contributed by atoms with E-state index < -0.39 is 21.8 Å². The quantitative estimate of drug-likeness (QED) is 0.880. The Morgan fingerprint density at radius 1 is 1.14 bits per heavy atom. The van der Waals surface area contributed by atoms with Crippen molar-refractivity contribution in [1.29, 1.82) is 0 Å². The Hall–Kier alpha value is -2.41. The first-order valence-electron chi connectivity index (χ1n) is 5.90. The van der Waals surface area contributed by atoms with Gasteiger partial charge in [0.1, 0.15) is 5.82 Å². The molecule has 1 N–H and O–H groups in total. The molecule has 0 fully saturated rings. The number of benzene rings is 2. The Bertz CT molecular complexity index is 760. The molecule has 0 unspecified atom stereocenters. The van der Waals surface area contributed by atoms with Crippen molar-refractivity contribution >= 4 is 21.7 Å². The normalized spacial score (nSPS) is 11.0. The average molecular weight is 309 g/mol. The van der Waals surface area contributed by atoms with Crippen LogP contribution in [0.15, 0.2) is 53.4 Å². The molecule has 21 heavy (non-hydrogen) atoms. The maximum atomic E-state index is 13.7. The number of esters is 1. The lowest BCUT2D eigenvalue weighted by atomic mass is 10.2. The van der Waals surface area contributed by atoms with Gasteiger partial charge in [-0.15, -0.1) is 0 Å². The highest BCUT2D eigenvalue weighted by atomic mass is 32.2. The highest BCUT2D eigenvalue weighted by Gasteiger charge is 2.17. The average Bonchev–Trinajstić information content (AvgIpc) is 2.49. The maximum absolute atomic E-state index is 13.7. The number of anilines is 1. The molecule has 110 valence electrons. The Kier molecular flexibility index (Phi) is 4.23. The molecule has 0 saturated carbocycles. The summed E-state index contributed by atoms with van der Waals surface area (Å²) in [7, 11) is -2.75. The highest BCUT2D eigenvalue weighted by Crippen LogP contribution is 2.21.